The molecule has 100 valence electrons. The van der Waals surface area contributed by atoms with Crippen molar-refractivity contribution in [3.05, 3.63) is 35.6 Å². The van der Waals surface area contributed by atoms with Gasteiger partial charge in [0.2, 0.25) is 0 Å². The zero-order valence-corrected chi connectivity index (χ0v) is 10.6. The molecule has 1 aliphatic rings. The van der Waals surface area contributed by atoms with Gasteiger partial charge in [0.25, 0.3) is 0 Å². The van der Waals surface area contributed by atoms with Crippen molar-refractivity contribution in [3.63, 3.8) is 0 Å². The van der Waals surface area contributed by atoms with Gasteiger partial charge in [-0.15, -0.1) is 0 Å². The molecule has 0 bridgehead atoms. The first-order valence-corrected chi connectivity index (χ1v) is 6.37. The van der Waals surface area contributed by atoms with Crippen LogP contribution in [-0.4, -0.2) is 25.9 Å². The van der Waals surface area contributed by atoms with Crippen LogP contribution in [0.2, 0.25) is 0 Å². The second kappa shape index (κ2) is 6.27. The van der Waals surface area contributed by atoms with E-state index in [9.17, 15) is 4.39 Å². The van der Waals surface area contributed by atoms with E-state index >= 15 is 0 Å². The summed E-state index contributed by atoms with van der Waals surface area (Å²) >= 11 is 0. The third kappa shape index (κ3) is 3.51. The Bertz CT molecular complexity index is 361. The topological polar surface area (TPSA) is 44.5 Å². The molecule has 1 fully saturated rings. The van der Waals surface area contributed by atoms with Crippen LogP contribution >= 0.6 is 0 Å². The summed E-state index contributed by atoms with van der Waals surface area (Å²) in [7, 11) is 0. The summed E-state index contributed by atoms with van der Waals surface area (Å²) in [4.78, 5) is 0. The average Bonchev–Trinajstić information content (AvgIpc) is 2.84. The summed E-state index contributed by atoms with van der Waals surface area (Å²) in [5, 5.41) is 0. The lowest BCUT2D eigenvalue weighted by Gasteiger charge is -2.23. The monoisotopic (exact) mass is 253 g/mol. The van der Waals surface area contributed by atoms with E-state index in [2.05, 4.69) is 0 Å². The first-order chi connectivity index (χ1) is 8.66. The fourth-order valence-corrected chi connectivity index (χ4v) is 2.16. The van der Waals surface area contributed by atoms with Crippen molar-refractivity contribution in [2.75, 3.05) is 19.8 Å². The quantitative estimate of drug-likeness (QED) is 0.875. The van der Waals surface area contributed by atoms with Crippen LogP contribution in [0.25, 0.3) is 0 Å². The van der Waals surface area contributed by atoms with Crippen molar-refractivity contribution in [3.8, 4) is 0 Å². The molecule has 1 heterocycles. The van der Waals surface area contributed by atoms with Crippen molar-refractivity contribution in [1.29, 1.82) is 0 Å². The molecule has 2 N–H and O–H groups in total. The van der Waals surface area contributed by atoms with Crippen molar-refractivity contribution < 1.29 is 13.9 Å². The fraction of sp³-hybridized carbons (Fsp3) is 0.571. The van der Waals surface area contributed by atoms with Crippen LogP contribution < -0.4 is 5.73 Å². The van der Waals surface area contributed by atoms with Crippen LogP contribution in [0.5, 0.6) is 0 Å². The maximum Gasteiger partial charge on any atom is 0.123 e. The lowest BCUT2D eigenvalue weighted by molar-refractivity contribution is 0.0134. The van der Waals surface area contributed by atoms with E-state index in [1.165, 1.54) is 12.1 Å². The van der Waals surface area contributed by atoms with Crippen LogP contribution in [-0.2, 0) is 9.47 Å². The van der Waals surface area contributed by atoms with Crippen molar-refractivity contribution in [2.24, 2.45) is 11.7 Å². The van der Waals surface area contributed by atoms with Gasteiger partial charge in [-0.25, -0.2) is 4.39 Å². The Kier molecular flexibility index (Phi) is 4.69. The van der Waals surface area contributed by atoms with Gasteiger partial charge >= 0.3 is 0 Å². The van der Waals surface area contributed by atoms with E-state index in [4.69, 9.17) is 15.2 Å². The molecular formula is C14H20FNO2. The van der Waals surface area contributed by atoms with Crippen molar-refractivity contribution in [2.45, 2.75) is 25.5 Å². The molecular weight excluding hydrogens is 233 g/mol. The van der Waals surface area contributed by atoms with E-state index in [0.29, 0.717) is 12.5 Å². The summed E-state index contributed by atoms with van der Waals surface area (Å²) in [5.41, 5.74) is 6.86. The largest absolute Gasteiger partial charge is 0.381 e. The number of nitrogens with two attached hydrogens (primary N) is 1. The molecule has 0 aromatic heterocycles. The Morgan fingerprint density at radius 3 is 2.72 bits per heavy atom. The SMILES string of the molecule is CC(N)C(OCC1CCOC1)c1ccc(F)cc1. The summed E-state index contributed by atoms with van der Waals surface area (Å²) in [6, 6.07) is 6.21. The number of benzene rings is 1. The maximum absolute atomic E-state index is 12.9. The molecule has 0 aliphatic carbocycles. The molecule has 3 atom stereocenters. The molecule has 2 rings (SSSR count). The van der Waals surface area contributed by atoms with E-state index in [1.54, 1.807) is 12.1 Å². The number of halogens is 1. The highest BCUT2D eigenvalue weighted by atomic mass is 19.1. The first-order valence-electron chi connectivity index (χ1n) is 6.37. The highest BCUT2D eigenvalue weighted by Gasteiger charge is 2.21. The van der Waals surface area contributed by atoms with Gasteiger partial charge < -0.3 is 15.2 Å². The molecule has 4 heteroatoms. The Morgan fingerprint density at radius 2 is 2.17 bits per heavy atom. The van der Waals surface area contributed by atoms with Crippen molar-refractivity contribution >= 4 is 0 Å². The Morgan fingerprint density at radius 1 is 1.44 bits per heavy atom. The van der Waals surface area contributed by atoms with Crippen LogP contribution in [0, 0.1) is 11.7 Å². The van der Waals surface area contributed by atoms with E-state index in [1.807, 2.05) is 6.92 Å². The lowest BCUT2D eigenvalue weighted by atomic mass is 10.0. The molecule has 0 saturated carbocycles. The zero-order valence-electron chi connectivity index (χ0n) is 10.6. The maximum atomic E-state index is 12.9. The standard InChI is InChI=1S/C14H20FNO2/c1-10(16)14(12-2-4-13(15)5-3-12)18-9-11-6-7-17-8-11/h2-5,10-11,14H,6-9,16H2,1H3. The lowest BCUT2D eigenvalue weighted by Crippen LogP contribution is -2.28. The van der Waals surface area contributed by atoms with Gasteiger partial charge in [0.1, 0.15) is 5.82 Å². The van der Waals surface area contributed by atoms with Gasteiger partial charge in [-0.2, -0.15) is 0 Å². The number of ether oxygens (including phenoxy) is 2. The molecule has 3 unspecified atom stereocenters. The Hall–Kier alpha value is -0.970. The summed E-state index contributed by atoms with van der Waals surface area (Å²) in [6.45, 7) is 4.12. The summed E-state index contributed by atoms with van der Waals surface area (Å²) in [5.74, 6) is 0.207. The third-order valence-corrected chi connectivity index (χ3v) is 3.21. The number of rotatable bonds is 5. The second-order valence-corrected chi connectivity index (χ2v) is 4.89. The summed E-state index contributed by atoms with van der Waals surface area (Å²) in [6.07, 6.45) is 0.848. The molecule has 3 nitrogen and oxygen atoms in total. The molecule has 1 aromatic rings. The highest BCUT2D eigenvalue weighted by molar-refractivity contribution is 5.19. The molecule has 18 heavy (non-hydrogen) atoms. The van der Waals surface area contributed by atoms with Crippen LogP contribution in [0.1, 0.15) is 25.0 Å². The van der Waals surface area contributed by atoms with Crippen molar-refractivity contribution in [1.82, 2.24) is 0 Å². The Labute approximate surface area is 107 Å². The minimum Gasteiger partial charge on any atom is -0.381 e. The first kappa shape index (κ1) is 13.5. The zero-order chi connectivity index (χ0) is 13.0. The molecule has 0 amide bonds. The third-order valence-electron chi connectivity index (χ3n) is 3.21. The number of hydrogen-bond acceptors (Lipinski definition) is 3. The van der Waals surface area contributed by atoms with Gasteiger partial charge in [-0.1, -0.05) is 12.1 Å². The second-order valence-electron chi connectivity index (χ2n) is 4.89. The summed E-state index contributed by atoms with van der Waals surface area (Å²) < 4.78 is 24.1. The minimum atomic E-state index is -0.244. The van der Waals surface area contributed by atoms with Gasteiger partial charge in [0, 0.05) is 18.6 Å². The van der Waals surface area contributed by atoms with Gasteiger partial charge in [-0.3, -0.25) is 0 Å². The van der Waals surface area contributed by atoms with Crippen LogP contribution in [0.4, 0.5) is 4.39 Å². The highest BCUT2D eigenvalue weighted by Crippen LogP contribution is 2.23. The minimum absolute atomic E-state index is 0.127. The fourth-order valence-electron chi connectivity index (χ4n) is 2.16. The molecule has 1 saturated heterocycles. The van der Waals surface area contributed by atoms with E-state index < -0.39 is 0 Å². The number of hydrogen-bond donors (Lipinski definition) is 1. The molecule has 1 aliphatic heterocycles. The van der Waals surface area contributed by atoms with Gasteiger partial charge in [0.15, 0.2) is 0 Å². The van der Waals surface area contributed by atoms with Gasteiger partial charge in [0.05, 0.1) is 19.3 Å². The van der Waals surface area contributed by atoms with Crippen LogP contribution in [0.3, 0.4) is 0 Å². The molecule has 0 spiro atoms. The normalized spacial score (nSPS) is 22.9. The molecule has 0 radical (unpaired) electrons. The average molecular weight is 253 g/mol. The molecule has 1 aromatic carbocycles. The van der Waals surface area contributed by atoms with Gasteiger partial charge in [-0.05, 0) is 31.0 Å². The smallest absolute Gasteiger partial charge is 0.123 e. The predicted molar refractivity (Wildman–Crippen MR) is 67.7 cm³/mol. The van der Waals surface area contributed by atoms with Crippen LogP contribution in [0.15, 0.2) is 24.3 Å². The van der Waals surface area contributed by atoms with E-state index in [0.717, 1.165) is 25.2 Å². The Balaban J connectivity index is 1.96. The van der Waals surface area contributed by atoms with E-state index in [-0.39, 0.29) is 18.0 Å². The predicted octanol–water partition coefficient (Wildman–Crippen LogP) is 2.27.